The number of aryl methyl sites for hydroxylation is 1. The molecule has 3 aromatic rings. The Morgan fingerprint density at radius 1 is 1.22 bits per heavy atom. The van der Waals surface area contributed by atoms with Crippen LogP contribution in [0.4, 0.5) is 0 Å². The van der Waals surface area contributed by atoms with Gasteiger partial charge in [-0.1, -0.05) is 30.3 Å². The zero-order valence-electron chi connectivity index (χ0n) is 14.9. The van der Waals surface area contributed by atoms with Crippen molar-refractivity contribution in [3.63, 3.8) is 0 Å². The second-order valence-electron chi connectivity index (χ2n) is 5.90. The molecule has 3 rings (SSSR count). The predicted molar refractivity (Wildman–Crippen MR) is 105 cm³/mol. The van der Waals surface area contributed by atoms with E-state index in [0.29, 0.717) is 0 Å². The van der Waals surface area contributed by atoms with Crippen LogP contribution in [0.5, 0.6) is 0 Å². The summed E-state index contributed by atoms with van der Waals surface area (Å²) in [6, 6.07) is 9.82. The molecule has 1 N–H and O–H groups in total. The molecule has 138 valence electrons. The van der Waals surface area contributed by atoms with Crippen LogP contribution in [-0.2, 0) is 25.4 Å². The van der Waals surface area contributed by atoms with Crippen molar-refractivity contribution in [2.45, 2.75) is 6.54 Å². The van der Waals surface area contributed by atoms with Crippen LogP contribution in [0.15, 0.2) is 57.6 Å². The normalized spacial score (nSPS) is 11.0. The number of aromatic nitrogens is 3. The summed E-state index contributed by atoms with van der Waals surface area (Å²) in [6.45, 7) is 0.289. The van der Waals surface area contributed by atoms with Gasteiger partial charge >= 0.3 is 5.69 Å². The summed E-state index contributed by atoms with van der Waals surface area (Å²) in [7, 11) is 2.94. The molecule has 0 aliphatic carbocycles. The minimum atomic E-state index is -0.450. The van der Waals surface area contributed by atoms with Crippen molar-refractivity contribution in [3.05, 3.63) is 80.1 Å². The van der Waals surface area contributed by atoms with Gasteiger partial charge in [-0.2, -0.15) is 0 Å². The summed E-state index contributed by atoms with van der Waals surface area (Å²) >= 11 is 1.51. The van der Waals surface area contributed by atoms with Crippen molar-refractivity contribution in [2.75, 3.05) is 0 Å². The van der Waals surface area contributed by atoms with Crippen LogP contribution < -0.4 is 16.6 Å². The average molecular weight is 382 g/mol. The molecule has 7 nitrogen and oxygen atoms in total. The molecule has 8 heteroatoms. The molecule has 0 saturated carbocycles. The third-order valence-electron chi connectivity index (χ3n) is 3.90. The van der Waals surface area contributed by atoms with Gasteiger partial charge in [0.1, 0.15) is 5.01 Å². The highest BCUT2D eigenvalue weighted by Gasteiger charge is 2.07. The van der Waals surface area contributed by atoms with Crippen LogP contribution in [0.25, 0.3) is 16.6 Å². The Bertz CT molecular complexity index is 1110. The molecule has 27 heavy (non-hydrogen) atoms. The summed E-state index contributed by atoms with van der Waals surface area (Å²) in [5, 5.41) is 5.53. The fraction of sp³-hybridized carbons (Fsp3) is 0.158. The van der Waals surface area contributed by atoms with Gasteiger partial charge in [-0.3, -0.25) is 14.2 Å². The molecule has 0 bridgehead atoms. The van der Waals surface area contributed by atoms with E-state index in [2.05, 4.69) is 10.3 Å². The van der Waals surface area contributed by atoms with Gasteiger partial charge in [0, 0.05) is 37.3 Å². The third kappa shape index (κ3) is 4.29. The van der Waals surface area contributed by atoms with Gasteiger partial charge in [0.05, 0.1) is 17.8 Å². The highest BCUT2D eigenvalue weighted by molar-refractivity contribution is 7.13. The first-order valence-corrected chi connectivity index (χ1v) is 9.06. The largest absolute Gasteiger partial charge is 0.347 e. The zero-order valence-corrected chi connectivity index (χ0v) is 15.7. The lowest BCUT2D eigenvalue weighted by Crippen LogP contribution is -2.37. The third-order valence-corrected chi connectivity index (χ3v) is 4.84. The standard InChI is InChI=1S/C19H18N4O3S/c1-22-11-14(18(25)23(2)19(22)26)8-9-16(24)20-10-15-12-27-17(21-15)13-6-4-3-5-7-13/h3-9,11-12H,10H2,1-2H3,(H,20,24)/b9-8+. The van der Waals surface area contributed by atoms with E-state index in [-0.39, 0.29) is 18.0 Å². The molecule has 0 aliphatic heterocycles. The quantitative estimate of drug-likeness (QED) is 0.678. The summed E-state index contributed by atoms with van der Waals surface area (Å²) in [5.74, 6) is -0.347. The zero-order chi connectivity index (χ0) is 19.4. The highest BCUT2D eigenvalue weighted by Crippen LogP contribution is 2.23. The van der Waals surface area contributed by atoms with E-state index in [0.717, 1.165) is 20.8 Å². The van der Waals surface area contributed by atoms with E-state index in [4.69, 9.17) is 0 Å². The smallest absolute Gasteiger partial charge is 0.330 e. The molecule has 1 aromatic carbocycles. The van der Waals surface area contributed by atoms with E-state index < -0.39 is 11.2 Å². The van der Waals surface area contributed by atoms with Crippen LogP contribution in [0.3, 0.4) is 0 Å². The number of carbonyl (C=O) groups excluding carboxylic acids is 1. The van der Waals surface area contributed by atoms with Crippen molar-refractivity contribution in [1.29, 1.82) is 0 Å². The summed E-state index contributed by atoms with van der Waals surface area (Å²) in [5.41, 5.74) is 1.19. The van der Waals surface area contributed by atoms with Crippen LogP contribution >= 0.6 is 11.3 Å². The minimum Gasteiger partial charge on any atom is -0.347 e. The SMILES string of the molecule is Cn1cc(/C=C/C(=O)NCc2csc(-c3ccccc3)n2)c(=O)n(C)c1=O. The topological polar surface area (TPSA) is 86.0 Å². The van der Waals surface area contributed by atoms with Crippen LogP contribution in [-0.4, -0.2) is 20.0 Å². The number of carbonyl (C=O) groups is 1. The number of hydrogen-bond acceptors (Lipinski definition) is 5. The molecule has 2 heterocycles. The molecule has 0 spiro atoms. The van der Waals surface area contributed by atoms with Gasteiger partial charge in [-0.25, -0.2) is 9.78 Å². The Kier molecular flexibility index (Phi) is 5.46. The van der Waals surface area contributed by atoms with E-state index in [1.165, 1.54) is 41.3 Å². The van der Waals surface area contributed by atoms with Gasteiger partial charge in [0.25, 0.3) is 5.56 Å². The summed E-state index contributed by atoms with van der Waals surface area (Å²) < 4.78 is 2.29. The van der Waals surface area contributed by atoms with Crippen molar-refractivity contribution >= 4 is 23.3 Å². The lowest BCUT2D eigenvalue weighted by molar-refractivity contribution is -0.116. The first kappa shape index (κ1) is 18.5. The number of thiazole rings is 1. The van der Waals surface area contributed by atoms with Gasteiger partial charge in [0.15, 0.2) is 0 Å². The fourth-order valence-electron chi connectivity index (χ4n) is 2.45. The second-order valence-corrected chi connectivity index (χ2v) is 6.76. The Morgan fingerprint density at radius 3 is 2.70 bits per heavy atom. The molecular formula is C19H18N4O3S. The molecule has 1 amide bonds. The van der Waals surface area contributed by atoms with Crippen LogP contribution in [0, 0.1) is 0 Å². The summed E-state index contributed by atoms with van der Waals surface area (Å²) in [4.78, 5) is 40.2. The molecule has 0 fully saturated rings. The number of nitrogens with zero attached hydrogens (tertiary/aromatic N) is 3. The van der Waals surface area contributed by atoms with Gasteiger partial charge < -0.3 is 9.88 Å². The lowest BCUT2D eigenvalue weighted by Gasteiger charge is -2.03. The first-order valence-electron chi connectivity index (χ1n) is 8.18. The Morgan fingerprint density at radius 2 is 1.96 bits per heavy atom. The molecule has 2 aromatic heterocycles. The van der Waals surface area contributed by atoms with Crippen molar-refractivity contribution < 1.29 is 4.79 Å². The molecule has 0 saturated heterocycles. The maximum absolute atomic E-state index is 12.0. The Labute approximate surface area is 159 Å². The van der Waals surface area contributed by atoms with Gasteiger partial charge in [0.2, 0.25) is 5.91 Å². The number of hydrogen-bond donors (Lipinski definition) is 1. The molecular weight excluding hydrogens is 364 g/mol. The predicted octanol–water partition coefficient (Wildman–Crippen LogP) is 1.54. The van der Waals surface area contributed by atoms with Crippen LogP contribution in [0.1, 0.15) is 11.3 Å². The number of nitrogens with one attached hydrogen (secondary N) is 1. The molecule has 0 radical (unpaired) electrons. The van der Waals surface area contributed by atoms with Crippen LogP contribution in [0.2, 0.25) is 0 Å². The maximum Gasteiger partial charge on any atom is 0.330 e. The number of benzene rings is 1. The van der Waals surface area contributed by atoms with E-state index in [1.54, 1.807) is 7.05 Å². The summed E-state index contributed by atoms with van der Waals surface area (Å²) in [6.07, 6.45) is 4.07. The van der Waals surface area contributed by atoms with Crippen molar-refractivity contribution in [3.8, 4) is 10.6 Å². The molecule has 0 unspecified atom stereocenters. The second kappa shape index (κ2) is 7.96. The number of rotatable bonds is 5. The Balaban J connectivity index is 1.64. The lowest BCUT2D eigenvalue weighted by atomic mass is 10.2. The van der Waals surface area contributed by atoms with E-state index >= 15 is 0 Å². The van der Waals surface area contributed by atoms with Crippen molar-refractivity contribution in [1.82, 2.24) is 19.4 Å². The molecule has 0 atom stereocenters. The minimum absolute atomic E-state index is 0.259. The van der Waals surface area contributed by atoms with E-state index in [1.807, 2.05) is 35.7 Å². The maximum atomic E-state index is 12.0. The average Bonchev–Trinajstić information content (AvgIpc) is 3.16. The molecule has 0 aliphatic rings. The van der Waals surface area contributed by atoms with Crippen molar-refractivity contribution in [2.24, 2.45) is 14.1 Å². The van der Waals surface area contributed by atoms with E-state index in [9.17, 15) is 14.4 Å². The van der Waals surface area contributed by atoms with Gasteiger partial charge in [-0.15, -0.1) is 11.3 Å². The Hall–Kier alpha value is -3.26. The fourth-order valence-corrected chi connectivity index (χ4v) is 3.28. The monoisotopic (exact) mass is 382 g/mol. The van der Waals surface area contributed by atoms with Gasteiger partial charge in [-0.05, 0) is 6.08 Å². The number of amides is 1. The first-order chi connectivity index (χ1) is 13.0. The highest BCUT2D eigenvalue weighted by atomic mass is 32.1.